The molecule has 3 heteroatoms. The number of ether oxygens (including phenoxy) is 1. The first-order valence-electron chi connectivity index (χ1n) is 7.98. The van der Waals surface area contributed by atoms with Crippen molar-refractivity contribution in [1.82, 2.24) is 5.06 Å². The molecular weight excluding hydrogens is 274 g/mol. The summed E-state index contributed by atoms with van der Waals surface area (Å²) in [6.07, 6.45) is 0. The van der Waals surface area contributed by atoms with Crippen molar-refractivity contribution in [2.45, 2.75) is 18.5 Å². The summed E-state index contributed by atoms with van der Waals surface area (Å²) in [4.78, 5) is 6.01. The molecular formula is C19H21NO2. The SMILES string of the molecule is c1ccc(CN2OC[C@@H]3[C@@H](c4ccccc4)COC[C@@H]32)cc1. The maximum absolute atomic E-state index is 6.01. The second kappa shape index (κ2) is 6.21. The van der Waals surface area contributed by atoms with E-state index in [0.717, 1.165) is 26.4 Å². The van der Waals surface area contributed by atoms with Crippen molar-refractivity contribution in [2.75, 3.05) is 19.8 Å². The summed E-state index contributed by atoms with van der Waals surface area (Å²) in [7, 11) is 0. The zero-order valence-corrected chi connectivity index (χ0v) is 12.6. The quantitative estimate of drug-likeness (QED) is 0.868. The average molecular weight is 295 g/mol. The minimum atomic E-state index is 0.346. The molecule has 2 saturated heterocycles. The molecule has 0 N–H and O–H groups in total. The molecule has 2 aliphatic rings. The number of nitrogens with zero attached hydrogens (tertiary/aromatic N) is 1. The Morgan fingerprint density at radius 1 is 0.864 bits per heavy atom. The van der Waals surface area contributed by atoms with Crippen LogP contribution in [0, 0.1) is 5.92 Å². The number of benzene rings is 2. The minimum Gasteiger partial charge on any atom is -0.379 e. The summed E-state index contributed by atoms with van der Waals surface area (Å²) in [6.45, 7) is 3.18. The van der Waals surface area contributed by atoms with Gasteiger partial charge >= 0.3 is 0 Å². The van der Waals surface area contributed by atoms with E-state index in [9.17, 15) is 0 Å². The lowest BCUT2D eigenvalue weighted by Gasteiger charge is -2.35. The maximum Gasteiger partial charge on any atom is 0.0737 e. The van der Waals surface area contributed by atoms with Gasteiger partial charge in [-0.2, -0.15) is 5.06 Å². The van der Waals surface area contributed by atoms with Gasteiger partial charge in [0.15, 0.2) is 0 Å². The van der Waals surface area contributed by atoms with Gasteiger partial charge in [0.25, 0.3) is 0 Å². The van der Waals surface area contributed by atoms with Gasteiger partial charge in [0.1, 0.15) is 0 Å². The second-order valence-electron chi connectivity index (χ2n) is 6.14. The van der Waals surface area contributed by atoms with Crippen LogP contribution in [0.1, 0.15) is 17.0 Å². The zero-order chi connectivity index (χ0) is 14.8. The standard InChI is InChI=1S/C19H21NO2/c1-3-7-15(8-4-1)11-20-19-14-21-12-17(18(19)13-22-20)16-9-5-2-6-10-16/h1-10,17-19H,11-14H2/t17-,18-,19+/m1/s1. The Morgan fingerprint density at radius 3 is 2.36 bits per heavy atom. The lowest BCUT2D eigenvalue weighted by molar-refractivity contribution is -0.152. The van der Waals surface area contributed by atoms with Crippen LogP contribution >= 0.6 is 0 Å². The van der Waals surface area contributed by atoms with Gasteiger partial charge in [-0.05, 0) is 11.1 Å². The summed E-state index contributed by atoms with van der Waals surface area (Å²) >= 11 is 0. The van der Waals surface area contributed by atoms with E-state index in [4.69, 9.17) is 9.57 Å². The molecule has 0 spiro atoms. The van der Waals surface area contributed by atoms with E-state index < -0.39 is 0 Å². The lowest BCUT2D eigenvalue weighted by atomic mass is 9.81. The molecule has 4 rings (SSSR count). The van der Waals surface area contributed by atoms with Crippen molar-refractivity contribution in [3.8, 4) is 0 Å². The van der Waals surface area contributed by atoms with Gasteiger partial charge in [0, 0.05) is 18.4 Å². The number of rotatable bonds is 3. The first kappa shape index (κ1) is 13.9. The average Bonchev–Trinajstić information content (AvgIpc) is 3.00. The van der Waals surface area contributed by atoms with Crippen molar-refractivity contribution in [3.63, 3.8) is 0 Å². The second-order valence-corrected chi connectivity index (χ2v) is 6.14. The van der Waals surface area contributed by atoms with Gasteiger partial charge in [-0.3, -0.25) is 4.84 Å². The van der Waals surface area contributed by atoms with Gasteiger partial charge in [-0.25, -0.2) is 0 Å². The number of hydrogen-bond donors (Lipinski definition) is 0. The molecule has 0 bridgehead atoms. The zero-order valence-electron chi connectivity index (χ0n) is 12.6. The highest BCUT2D eigenvalue weighted by Gasteiger charge is 2.43. The van der Waals surface area contributed by atoms with Crippen molar-refractivity contribution < 1.29 is 9.57 Å². The van der Waals surface area contributed by atoms with Crippen molar-refractivity contribution in [1.29, 1.82) is 0 Å². The van der Waals surface area contributed by atoms with Gasteiger partial charge in [-0.1, -0.05) is 60.7 Å². The fraction of sp³-hybridized carbons (Fsp3) is 0.368. The minimum absolute atomic E-state index is 0.346. The third-order valence-corrected chi connectivity index (χ3v) is 4.81. The summed E-state index contributed by atoms with van der Waals surface area (Å²) in [5, 5.41) is 2.12. The molecule has 0 aliphatic carbocycles. The van der Waals surface area contributed by atoms with Gasteiger partial charge in [0.05, 0.1) is 25.9 Å². The van der Waals surface area contributed by atoms with Crippen LogP contribution in [-0.2, 0) is 16.1 Å². The molecule has 3 nitrogen and oxygen atoms in total. The predicted molar refractivity (Wildman–Crippen MR) is 85.2 cm³/mol. The molecule has 2 heterocycles. The third kappa shape index (κ3) is 2.68. The topological polar surface area (TPSA) is 21.7 Å². The third-order valence-electron chi connectivity index (χ3n) is 4.81. The van der Waals surface area contributed by atoms with Gasteiger partial charge in [-0.15, -0.1) is 0 Å². The molecule has 3 atom stereocenters. The molecule has 0 amide bonds. The lowest BCUT2D eigenvalue weighted by Crippen LogP contribution is -2.43. The fourth-order valence-electron chi connectivity index (χ4n) is 3.60. The van der Waals surface area contributed by atoms with Crippen LogP contribution < -0.4 is 0 Å². The number of hydroxylamine groups is 2. The van der Waals surface area contributed by atoms with Crippen LogP contribution in [0.2, 0.25) is 0 Å². The smallest absolute Gasteiger partial charge is 0.0737 e. The van der Waals surface area contributed by atoms with E-state index in [2.05, 4.69) is 59.7 Å². The Labute approximate surface area is 131 Å². The van der Waals surface area contributed by atoms with Crippen LogP contribution in [-0.4, -0.2) is 30.9 Å². The summed E-state index contributed by atoms with van der Waals surface area (Å²) in [5.41, 5.74) is 2.65. The summed E-state index contributed by atoms with van der Waals surface area (Å²) in [6, 6.07) is 21.5. The van der Waals surface area contributed by atoms with Crippen LogP contribution in [0.15, 0.2) is 60.7 Å². The normalized spacial score (nSPS) is 28.5. The highest BCUT2D eigenvalue weighted by atomic mass is 16.7. The summed E-state index contributed by atoms with van der Waals surface area (Å²) < 4.78 is 5.90. The predicted octanol–water partition coefficient (Wildman–Crippen LogP) is 3.23. The fourth-order valence-corrected chi connectivity index (χ4v) is 3.60. The Kier molecular flexibility index (Phi) is 3.94. The van der Waals surface area contributed by atoms with E-state index in [1.54, 1.807) is 0 Å². The molecule has 22 heavy (non-hydrogen) atoms. The largest absolute Gasteiger partial charge is 0.379 e. The van der Waals surface area contributed by atoms with Crippen LogP contribution in [0.25, 0.3) is 0 Å². The Morgan fingerprint density at radius 2 is 1.59 bits per heavy atom. The molecule has 0 unspecified atom stereocenters. The van der Waals surface area contributed by atoms with E-state index in [1.807, 2.05) is 6.07 Å². The molecule has 2 aromatic rings. The highest BCUT2D eigenvalue weighted by Crippen LogP contribution is 2.38. The monoisotopic (exact) mass is 295 g/mol. The van der Waals surface area contributed by atoms with E-state index in [1.165, 1.54) is 11.1 Å². The molecule has 2 aromatic carbocycles. The Bertz CT molecular complexity index is 601. The van der Waals surface area contributed by atoms with E-state index in [-0.39, 0.29) is 0 Å². The van der Waals surface area contributed by atoms with Crippen LogP contribution in [0.3, 0.4) is 0 Å². The highest BCUT2D eigenvalue weighted by molar-refractivity contribution is 5.22. The molecule has 2 aliphatic heterocycles. The van der Waals surface area contributed by atoms with Gasteiger partial charge in [0.2, 0.25) is 0 Å². The summed E-state index contributed by atoms with van der Waals surface area (Å²) in [5.74, 6) is 0.945. The maximum atomic E-state index is 6.01. The molecule has 0 saturated carbocycles. The molecule has 0 aromatic heterocycles. The number of fused-ring (bicyclic) bond motifs is 1. The van der Waals surface area contributed by atoms with Crippen LogP contribution in [0.4, 0.5) is 0 Å². The Balaban J connectivity index is 1.51. The first-order valence-corrected chi connectivity index (χ1v) is 7.98. The molecule has 2 fully saturated rings. The van der Waals surface area contributed by atoms with Crippen LogP contribution in [0.5, 0.6) is 0 Å². The van der Waals surface area contributed by atoms with Gasteiger partial charge < -0.3 is 4.74 Å². The molecule has 0 radical (unpaired) electrons. The number of hydrogen-bond acceptors (Lipinski definition) is 3. The van der Waals surface area contributed by atoms with E-state index in [0.29, 0.717) is 17.9 Å². The van der Waals surface area contributed by atoms with E-state index >= 15 is 0 Å². The van der Waals surface area contributed by atoms with Crippen molar-refractivity contribution in [3.05, 3.63) is 71.8 Å². The first-order chi connectivity index (χ1) is 10.9. The van der Waals surface area contributed by atoms with Crippen molar-refractivity contribution in [2.24, 2.45) is 5.92 Å². The molecule has 114 valence electrons. The van der Waals surface area contributed by atoms with Crippen molar-refractivity contribution >= 4 is 0 Å². The Hall–Kier alpha value is -1.68.